The Morgan fingerprint density at radius 1 is 0.333 bits per heavy atom. The number of carbonyl (C=O) groups is 6. The van der Waals surface area contributed by atoms with Crippen LogP contribution in [0.5, 0.6) is 11.5 Å². The molecule has 6 fully saturated rings. The zero-order valence-corrected chi connectivity index (χ0v) is 71.5. The van der Waals surface area contributed by atoms with Gasteiger partial charge in [0.15, 0.2) is 0 Å². The average molecular weight is 1660 g/mol. The molecule has 12 rings (SSSR count). The number of halogens is 8. The number of alkyl halides is 6. The molecule has 0 aromatic heterocycles. The van der Waals surface area contributed by atoms with Gasteiger partial charge < -0.3 is 38.9 Å². The molecule has 6 aliphatic rings. The van der Waals surface area contributed by atoms with Crippen LogP contribution in [0.3, 0.4) is 0 Å². The van der Waals surface area contributed by atoms with Gasteiger partial charge in [0.25, 0.3) is 0 Å². The predicted molar refractivity (Wildman–Crippen MR) is 446 cm³/mol. The van der Waals surface area contributed by atoms with Gasteiger partial charge in [0, 0.05) is 166 Å². The third-order valence-electron chi connectivity index (χ3n) is 24.3. The number of piperidine rings is 3. The largest absolute Gasteiger partial charge is 0.573 e. The van der Waals surface area contributed by atoms with Gasteiger partial charge in [-0.3, -0.25) is 43.5 Å². The quantitative estimate of drug-likeness (QED) is 0.0803. The number of ether oxygens (including phenoxy) is 2. The van der Waals surface area contributed by atoms with E-state index in [1.165, 1.54) is 35.4 Å². The Labute approximate surface area is 698 Å². The van der Waals surface area contributed by atoms with Gasteiger partial charge in [0.05, 0.1) is 18.1 Å². The molecule has 6 aromatic carbocycles. The highest BCUT2D eigenvalue weighted by Crippen LogP contribution is 2.42. The minimum absolute atomic E-state index is 0.0369. The first-order valence-corrected chi connectivity index (χ1v) is 42.1. The Bertz CT molecular complexity index is 3990. The number of benzene rings is 6. The van der Waals surface area contributed by atoms with Crippen LogP contribution in [-0.4, -0.2) is 209 Å². The molecule has 6 aromatic rings. The molecule has 2 unspecified atom stereocenters. The van der Waals surface area contributed by atoms with Crippen LogP contribution < -0.4 is 9.47 Å². The predicted octanol–water partition coefficient (Wildman–Crippen LogP) is 18.1. The second kappa shape index (κ2) is 39.8. The highest BCUT2D eigenvalue weighted by Gasteiger charge is 2.46. The Hall–Kier alpha value is -8.22. The minimum atomic E-state index is -4.74. The van der Waals surface area contributed by atoms with Crippen molar-refractivity contribution in [1.29, 1.82) is 0 Å². The first kappa shape index (κ1) is 91.1. The summed E-state index contributed by atoms with van der Waals surface area (Å²) >= 11 is 12.4. The summed E-state index contributed by atoms with van der Waals surface area (Å²) in [6.45, 7) is 34.7. The zero-order chi connectivity index (χ0) is 84.9. The standard InChI is InChI=1S/2C31H40F3N3O3.C30H39Cl2N3O2/c2*1-22(38)35-16-14-23(15-17-35)20-28(39)37-19-18-36(21-27(37)30(2,3)4)29(24-8-6-5-7-9-24)25-10-12-26(13-11-25)40-31(32,33)34;1-21(36)33-15-13-22(14-16-33)19-28(37)35-18-17-34(20-27(35)30(2,3)4)29(23-5-9-25(31)10-6-23)24-7-11-26(32)12-8-24/h2*5-13,23,27,29H,14-21H2,1-4H3;5-12,22,27,29H,13-20H2,1-4H3/t2*27-,29?;27-/m111/s1. The third kappa shape index (κ3) is 25.7. The summed E-state index contributed by atoms with van der Waals surface area (Å²) < 4.78 is 84.6. The van der Waals surface area contributed by atoms with E-state index >= 15 is 0 Å². The zero-order valence-electron chi connectivity index (χ0n) is 70.0. The molecule has 6 heterocycles. The molecule has 6 saturated heterocycles. The van der Waals surface area contributed by atoms with E-state index in [1.807, 2.05) is 109 Å². The van der Waals surface area contributed by atoms with Crippen molar-refractivity contribution in [2.75, 3.05) is 98.2 Å². The molecule has 117 heavy (non-hydrogen) atoms. The topological polar surface area (TPSA) is 150 Å². The van der Waals surface area contributed by atoms with Crippen LogP contribution in [0.1, 0.15) is 192 Å². The third-order valence-corrected chi connectivity index (χ3v) is 24.8. The van der Waals surface area contributed by atoms with Crippen LogP contribution in [0.15, 0.2) is 158 Å². The van der Waals surface area contributed by atoms with Crippen LogP contribution >= 0.6 is 23.2 Å². The van der Waals surface area contributed by atoms with Crippen molar-refractivity contribution in [1.82, 2.24) is 44.1 Å². The summed E-state index contributed by atoms with van der Waals surface area (Å²) in [5.74, 6) is 1.26. The number of carbonyl (C=O) groups excluding carboxylic acids is 6. The molecule has 5 atom stereocenters. The smallest absolute Gasteiger partial charge is 0.406 e. The maximum Gasteiger partial charge on any atom is 0.573 e. The van der Waals surface area contributed by atoms with Gasteiger partial charge in [-0.1, -0.05) is 195 Å². The molecule has 17 nitrogen and oxygen atoms in total. The molecule has 6 amide bonds. The van der Waals surface area contributed by atoms with Crippen molar-refractivity contribution in [3.8, 4) is 11.5 Å². The first-order chi connectivity index (χ1) is 55.2. The number of nitrogens with zero attached hydrogens (tertiary/aromatic N) is 9. The van der Waals surface area contributed by atoms with E-state index in [2.05, 4.69) is 116 Å². The fourth-order valence-corrected chi connectivity index (χ4v) is 18.0. The van der Waals surface area contributed by atoms with Crippen LogP contribution in [0.25, 0.3) is 0 Å². The highest BCUT2D eigenvalue weighted by atomic mass is 35.5. The summed E-state index contributed by atoms with van der Waals surface area (Å²) in [5, 5.41) is 1.44. The van der Waals surface area contributed by atoms with Crippen molar-refractivity contribution in [3.63, 3.8) is 0 Å². The van der Waals surface area contributed by atoms with E-state index in [0.717, 1.165) is 97.0 Å². The van der Waals surface area contributed by atoms with Crippen molar-refractivity contribution in [2.24, 2.45) is 34.0 Å². The van der Waals surface area contributed by atoms with Crippen LogP contribution in [-0.2, 0) is 28.8 Å². The van der Waals surface area contributed by atoms with Crippen LogP contribution in [0.2, 0.25) is 10.0 Å². The summed E-state index contributed by atoms with van der Waals surface area (Å²) in [6.07, 6.45) is -2.77. The van der Waals surface area contributed by atoms with E-state index in [-0.39, 0.29) is 111 Å². The van der Waals surface area contributed by atoms with Gasteiger partial charge in [-0.2, -0.15) is 0 Å². The van der Waals surface area contributed by atoms with Gasteiger partial charge in [0.1, 0.15) is 11.5 Å². The number of amides is 6. The number of hydrogen-bond donors (Lipinski definition) is 0. The highest BCUT2D eigenvalue weighted by molar-refractivity contribution is 6.30. The monoisotopic (exact) mass is 1660 g/mol. The lowest BCUT2D eigenvalue weighted by atomic mass is 9.82. The molecular formula is C92H119Cl2F6N9O8. The van der Waals surface area contributed by atoms with E-state index in [4.69, 9.17) is 23.2 Å². The maximum atomic E-state index is 13.6. The summed E-state index contributed by atoms with van der Waals surface area (Å²) in [4.78, 5) is 94.9. The molecule has 0 N–H and O–H groups in total. The summed E-state index contributed by atoms with van der Waals surface area (Å²) in [6, 6.07) is 47.9. The molecule has 0 aliphatic carbocycles. The molecule has 25 heteroatoms. The Morgan fingerprint density at radius 2 is 0.556 bits per heavy atom. The van der Waals surface area contributed by atoms with Crippen LogP contribution in [0, 0.1) is 34.0 Å². The van der Waals surface area contributed by atoms with Crippen molar-refractivity contribution in [2.45, 2.75) is 190 Å². The van der Waals surface area contributed by atoms with E-state index < -0.39 is 12.7 Å². The van der Waals surface area contributed by atoms with Crippen molar-refractivity contribution < 1.29 is 64.6 Å². The Kier molecular flexibility index (Phi) is 31.0. The van der Waals surface area contributed by atoms with Gasteiger partial charge in [-0.25, -0.2) is 0 Å². The van der Waals surface area contributed by atoms with E-state index in [0.29, 0.717) is 97.2 Å². The molecule has 0 bridgehead atoms. The van der Waals surface area contributed by atoms with Crippen molar-refractivity contribution >= 4 is 58.6 Å². The summed E-state index contributed by atoms with van der Waals surface area (Å²) in [7, 11) is 0. The normalized spacial score (nSPS) is 20.2. The minimum Gasteiger partial charge on any atom is -0.406 e. The second-order valence-electron chi connectivity index (χ2n) is 35.7. The Balaban J connectivity index is 0.000000185. The van der Waals surface area contributed by atoms with Gasteiger partial charge in [-0.15, -0.1) is 26.3 Å². The molecule has 0 spiro atoms. The molecule has 6 aliphatic heterocycles. The van der Waals surface area contributed by atoms with Gasteiger partial charge >= 0.3 is 12.7 Å². The van der Waals surface area contributed by atoms with E-state index in [1.54, 1.807) is 45.0 Å². The fraction of sp³-hybridized carbons (Fsp3) is 0.543. The second-order valence-corrected chi connectivity index (χ2v) is 36.6. The van der Waals surface area contributed by atoms with Crippen LogP contribution in [0.4, 0.5) is 26.3 Å². The van der Waals surface area contributed by atoms with E-state index in [9.17, 15) is 55.1 Å². The van der Waals surface area contributed by atoms with Crippen molar-refractivity contribution in [3.05, 3.63) is 201 Å². The molecule has 0 saturated carbocycles. The number of hydrogen-bond acceptors (Lipinski definition) is 11. The molecule has 0 radical (unpaired) electrons. The lowest BCUT2D eigenvalue weighted by Crippen LogP contribution is -2.60. The maximum absolute atomic E-state index is 13.6. The Morgan fingerprint density at radius 3 is 0.769 bits per heavy atom. The van der Waals surface area contributed by atoms with Gasteiger partial charge in [-0.05, 0) is 154 Å². The number of likely N-dealkylation sites (tertiary alicyclic amines) is 3. The lowest BCUT2D eigenvalue weighted by molar-refractivity contribution is -0.275. The average Bonchev–Trinajstić information content (AvgIpc) is 0.786. The summed E-state index contributed by atoms with van der Waals surface area (Å²) in [5.41, 5.74) is 5.73. The number of piperazine rings is 3. The van der Waals surface area contributed by atoms with Gasteiger partial charge in [0.2, 0.25) is 35.4 Å². The molecule has 636 valence electrons. The SMILES string of the molecule is CC(=O)N1CCC(CC(=O)N2CCN(C(c3ccc(Cl)cc3)c3ccc(Cl)cc3)C[C@@H]2C(C)(C)C)CC1.CC(=O)N1CCC(CC(=O)N2CCN(C(c3ccccc3)c3ccc(OC(F)(F)F)cc3)C[C@@H]2C(C)(C)C)CC1.CC(=O)N1CCC(CC(=O)N2CCN(C(c3ccccc3)c3ccc(OC(F)(F)F)cc3)C[C@@H]2C(C)(C)C)CC1. The fourth-order valence-electron chi connectivity index (χ4n) is 17.8. The lowest BCUT2D eigenvalue weighted by Gasteiger charge is -2.50. The number of rotatable bonds is 17. The first-order valence-electron chi connectivity index (χ1n) is 41.4. The molecular weight excluding hydrogens is 1540 g/mol.